The van der Waals surface area contributed by atoms with Gasteiger partial charge in [0.25, 0.3) is 5.91 Å². The molecule has 0 bridgehead atoms. The minimum atomic E-state index is -0.499. The van der Waals surface area contributed by atoms with E-state index in [2.05, 4.69) is 12.2 Å². The first-order valence-electron chi connectivity index (χ1n) is 10.5. The number of rotatable bonds is 7. The predicted molar refractivity (Wildman–Crippen MR) is 120 cm³/mol. The highest BCUT2D eigenvalue weighted by Gasteiger charge is 2.34. The first-order valence-corrected chi connectivity index (χ1v) is 10.5. The van der Waals surface area contributed by atoms with Crippen LogP contribution in [0.3, 0.4) is 0 Å². The number of hydrogen-bond acceptors (Lipinski definition) is 3. The Labute approximate surface area is 179 Å². The molecule has 2 aromatic carbocycles. The summed E-state index contributed by atoms with van der Waals surface area (Å²) >= 11 is 0. The standard InChI is InChI=1S/C25H32N2O3/c1-17(19-11-12-19)27(16-18-9-13-22(30-5)14-10-18)23(28)20-7-6-8-21(15-20)26-24(29)25(2,3)4/h6-10,13-15,17,19H,11-12,16H2,1-5H3,(H,26,29). The molecule has 1 fully saturated rings. The summed E-state index contributed by atoms with van der Waals surface area (Å²) in [5.41, 5.74) is 1.79. The summed E-state index contributed by atoms with van der Waals surface area (Å²) in [5, 5.41) is 2.92. The number of hydrogen-bond donors (Lipinski definition) is 1. The average Bonchev–Trinajstić information content (AvgIpc) is 3.56. The summed E-state index contributed by atoms with van der Waals surface area (Å²) in [5.74, 6) is 1.26. The van der Waals surface area contributed by atoms with Crippen molar-refractivity contribution in [3.05, 3.63) is 59.7 Å². The molecule has 160 valence electrons. The van der Waals surface area contributed by atoms with Gasteiger partial charge in [-0.3, -0.25) is 9.59 Å². The second-order valence-electron chi connectivity index (χ2n) is 9.14. The van der Waals surface area contributed by atoms with E-state index in [9.17, 15) is 9.59 Å². The summed E-state index contributed by atoms with van der Waals surface area (Å²) < 4.78 is 5.24. The van der Waals surface area contributed by atoms with Crippen molar-refractivity contribution >= 4 is 17.5 Å². The lowest BCUT2D eigenvalue weighted by Gasteiger charge is -2.30. The van der Waals surface area contributed by atoms with Gasteiger partial charge in [0.15, 0.2) is 0 Å². The number of nitrogens with zero attached hydrogens (tertiary/aromatic N) is 1. The van der Waals surface area contributed by atoms with Crippen molar-refractivity contribution in [1.29, 1.82) is 0 Å². The molecular weight excluding hydrogens is 376 g/mol. The molecule has 2 amide bonds. The fourth-order valence-corrected chi connectivity index (χ4v) is 3.38. The van der Waals surface area contributed by atoms with Gasteiger partial charge in [0.2, 0.25) is 5.91 Å². The normalized spacial score (nSPS) is 14.7. The van der Waals surface area contributed by atoms with Gasteiger partial charge < -0.3 is 15.0 Å². The topological polar surface area (TPSA) is 58.6 Å². The quantitative estimate of drug-likeness (QED) is 0.692. The van der Waals surface area contributed by atoms with Gasteiger partial charge in [-0.25, -0.2) is 0 Å². The van der Waals surface area contributed by atoms with E-state index in [1.54, 1.807) is 13.2 Å². The van der Waals surface area contributed by atoms with Crippen molar-refractivity contribution in [3.8, 4) is 5.75 Å². The van der Waals surface area contributed by atoms with Gasteiger partial charge in [-0.15, -0.1) is 0 Å². The van der Waals surface area contributed by atoms with Crippen molar-refractivity contribution in [3.63, 3.8) is 0 Å². The molecule has 5 heteroatoms. The highest BCUT2D eigenvalue weighted by molar-refractivity contribution is 5.98. The molecule has 0 aliphatic heterocycles. The Morgan fingerprint density at radius 3 is 2.37 bits per heavy atom. The van der Waals surface area contributed by atoms with E-state index in [0.29, 0.717) is 23.7 Å². The van der Waals surface area contributed by atoms with Gasteiger partial charge in [-0.2, -0.15) is 0 Å². The van der Waals surface area contributed by atoms with Crippen LogP contribution in [0.25, 0.3) is 0 Å². The van der Waals surface area contributed by atoms with Crippen LogP contribution in [0.1, 0.15) is 56.5 Å². The fourth-order valence-electron chi connectivity index (χ4n) is 3.38. The number of amides is 2. The summed E-state index contributed by atoms with van der Waals surface area (Å²) in [4.78, 5) is 27.7. The Kier molecular flexibility index (Phi) is 6.49. The smallest absolute Gasteiger partial charge is 0.254 e. The van der Waals surface area contributed by atoms with Gasteiger partial charge in [-0.05, 0) is 61.6 Å². The SMILES string of the molecule is COc1ccc(CN(C(=O)c2cccc(NC(=O)C(C)(C)C)c2)C(C)C2CC2)cc1. The van der Waals surface area contributed by atoms with E-state index in [4.69, 9.17) is 4.74 Å². The maximum Gasteiger partial charge on any atom is 0.254 e. The molecule has 0 spiro atoms. The maximum atomic E-state index is 13.5. The number of carbonyl (C=O) groups excluding carboxylic acids is 2. The Hall–Kier alpha value is -2.82. The number of benzene rings is 2. The summed E-state index contributed by atoms with van der Waals surface area (Å²) in [6.07, 6.45) is 2.32. The number of ether oxygens (including phenoxy) is 1. The monoisotopic (exact) mass is 408 g/mol. The van der Waals surface area contributed by atoms with Crippen LogP contribution in [-0.4, -0.2) is 29.9 Å². The largest absolute Gasteiger partial charge is 0.497 e. The fraction of sp³-hybridized carbons (Fsp3) is 0.440. The van der Waals surface area contributed by atoms with Crippen molar-refractivity contribution in [2.45, 2.75) is 53.1 Å². The van der Waals surface area contributed by atoms with Gasteiger partial charge >= 0.3 is 0 Å². The lowest BCUT2D eigenvalue weighted by atomic mass is 9.95. The molecule has 2 aromatic rings. The molecule has 1 N–H and O–H groups in total. The minimum Gasteiger partial charge on any atom is -0.497 e. The second-order valence-corrected chi connectivity index (χ2v) is 9.14. The molecule has 1 aliphatic carbocycles. The van der Waals surface area contributed by atoms with Crippen LogP contribution in [0.5, 0.6) is 5.75 Å². The van der Waals surface area contributed by atoms with E-state index in [1.165, 1.54) is 0 Å². The maximum absolute atomic E-state index is 13.5. The highest BCUT2D eigenvalue weighted by atomic mass is 16.5. The molecule has 0 radical (unpaired) electrons. The molecule has 1 aliphatic rings. The lowest BCUT2D eigenvalue weighted by molar-refractivity contribution is -0.123. The molecule has 5 nitrogen and oxygen atoms in total. The van der Waals surface area contributed by atoms with Crippen molar-refractivity contribution in [2.75, 3.05) is 12.4 Å². The number of methoxy groups -OCH3 is 1. The van der Waals surface area contributed by atoms with Gasteiger partial charge in [0, 0.05) is 29.3 Å². The third-order valence-corrected chi connectivity index (χ3v) is 5.62. The molecule has 3 rings (SSSR count). The summed E-state index contributed by atoms with van der Waals surface area (Å²) in [6, 6.07) is 15.2. The Morgan fingerprint density at radius 2 is 1.80 bits per heavy atom. The van der Waals surface area contributed by atoms with Crippen LogP contribution in [-0.2, 0) is 11.3 Å². The summed E-state index contributed by atoms with van der Waals surface area (Å²) in [7, 11) is 1.64. The number of nitrogens with one attached hydrogen (secondary N) is 1. The van der Waals surface area contributed by atoms with E-state index in [0.717, 1.165) is 24.2 Å². The van der Waals surface area contributed by atoms with E-state index in [-0.39, 0.29) is 17.9 Å². The Balaban J connectivity index is 1.82. The highest BCUT2D eigenvalue weighted by Crippen LogP contribution is 2.36. The van der Waals surface area contributed by atoms with Gasteiger partial charge in [0.1, 0.15) is 5.75 Å². The summed E-state index contributed by atoms with van der Waals surface area (Å²) in [6.45, 7) is 8.27. The third-order valence-electron chi connectivity index (χ3n) is 5.62. The zero-order valence-corrected chi connectivity index (χ0v) is 18.6. The number of carbonyl (C=O) groups is 2. The van der Waals surface area contributed by atoms with Gasteiger partial charge in [0.05, 0.1) is 7.11 Å². The van der Waals surface area contributed by atoms with E-state index < -0.39 is 5.41 Å². The van der Waals surface area contributed by atoms with Crippen LogP contribution in [0.4, 0.5) is 5.69 Å². The second kappa shape index (κ2) is 8.90. The first-order chi connectivity index (χ1) is 14.2. The van der Waals surface area contributed by atoms with E-state index in [1.807, 2.05) is 68.1 Å². The van der Waals surface area contributed by atoms with Gasteiger partial charge in [-0.1, -0.05) is 39.0 Å². The average molecular weight is 409 g/mol. The zero-order valence-electron chi connectivity index (χ0n) is 18.6. The van der Waals surface area contributed by atoms with Crippen LogP contribution in [0.15, 0.2) is 48.5 Å². The van der Waals surface area contributed by atoms with Crippen LogP contribution >= 0.6 is 0 Å². The molecular formula is C25H32N2O3. The molecule has 1 saturated carbocycles. The lowest BCUT2D eigenvalue weighted by Crippen LogP contribution is -2.39. The zero-order chi connectivity index (χ0) is 21.9. The van der Waals surface area contributed by atoms with Crippen molar-refractivity contribution in [2.24, 2.45) is 11.3 Å². The van der Waals surface area contributed by atoms with Crippen molar-refractivity contribution in [1.82, 2.24) is 4.90 Å². The Morgan fingerprint density at radius 1 is 1.13 bits per heavy atom. The Bertz CT molecular complexity index is 895. The third kappa shape index (κ3) is 5.41. The minimum absolute atomic E-state index is 0.0166. The van der Waals surface area contributed by atoms with Crippen LogP contribution in [0, 0.1) is 11.3 Å². The molecule has 1 unspecified atom stereocenters. The molecule has 1 atom stereocenters. The predicted octanol–water partition coefficient (Wildman–Crippen LogP) is 5.12. The molecule has 0 heterocycles. The molecule has 30 heavy (non-hydrogen) atoms. The first kappa shape index (κ1) is 21.9. The molecule has 0 aromatic heterocycles. The van der Waals surface area contributed by atoms with Crippen molar-refractivity contribution < 1.29 is 14.3 Å². The van der Waals surface area contributed by atoms with Crippen LogP contribution < -0.4 is 10.1 Å². The number of anilines is 1. The van der Waals surface area contributed by atoms with Crippen LogP contribution in [0.2, 0.25) is 0 Å². The molecule has 0 saturated heterocycles. The van der Waals surface area contributed by atoms with E-state index >= 15 is 0 Å².